The number of para-hydroxylation sites is 2. The SMILES string of the molecule is c1ccc(-c2ccc(N3c4cccc5c4B4c6c(ccc7c6B6c8c(cccc8N7c7ccc(-c8ccccc8)cc7)N(c7ccccc7)c7ccc3c4c76)N5c3ccccc3)cc2)cc1. The Morgan fingerprint density at radius 3 is 0.727 bits per heavy atom. The van der Waals surface area contributed by atoms with Crippen molar-refractivity contribution in [2.24, 2.45) is 0 Å². The van der Waals surface area contributed by atoms with E-state index in [0.717, 1.165) is 22.7 Å². The molecule has 6 heteroatoms. The summed E-state index contributed by atoms with van der Waals surface area (Å²) in [4.78, 5) is 10.2. The lowest BCUT2D eigenvalue weighted by Crippen LogP contribution is -2.81. The van der Waals surface area contributed by atoms with Crippen LogP contribution in [0.3, 0.4) is 0 Å². The second kappa shape index (κ2) is 13.5. The minimum atomic E-state index is 0.00824. The van der Waals surface area contributed by atoms with E-state index in [-0.39, 0.29) is 13.4 Å². The van der Waals surface area contributed by atoms with Crippen LogP contribution >= 0.6 is 0 Å². The summed E-state index contributed by atoms with van der Waals surface area (Å²) in [6.07, 6.45) is 0. The van der Waals surface area contributed by atoms with Crippen molar-refractivity contribution in [3.05, 3.63) is 231 Å². The van der Waals surface area contributed by atoms with Crippen LogP contribution < -0.4 is 52.4 Å². The first-order valence-corrected chi connectivity index (χ1v) is 23.0. The Kier molecular flexibility index (Phi) is 7.36. The van der Waals surface area contributed by atoms with Crippen LogP contribution in [-0.4, -0.2) is 13.4 Å². The van der Waals surface area contributed by atoms with E-state index in [1.807, 2.05) is 0 Å². The Hall–Kier alpha value is -8.47. The fraction of sp³-hybridized carbons (Fsp3) is 0. The molecule has 0 unspecified atom stereocenters. The van der Waals surface area contributed by atoms with Crippen molar-refractivity contribution in [1.29, 1.82) is 0 Å². The summed E-state index contributed by atoms with van der Waals surface area (Å²) in [7, 11) is 0. The predicted octanol–water partition coefficient (Wildman–Crippen LogP) is 11.5. The molecule has 0 aliphatic carbocycles. The zero-order valence-corrected chi connectivity index (χ0v) is 35.9. The molecule has 66 heavy (non-hydrogen) atoms. The molecule has 0 spiro atoms. The lowest BCUT2D eigenvalue weighted by molar-refractivity contribution is 1.23. The maximum atomic E-state index is 2.56. The molecule has 5 aliphatic heterocycles. The number of hydrogen-bond acceptors (Lipinski definition) is 4. The molecule has 15 rings (SSSR count). The highest BCUT2D eigenvalue weighted by molar-refractivity contribution is 7.16. The molecule has 0 atom stereocenters. The van der Waals surface area contributed by atoms with E-state index in [2.05, 4.69) is 250 Å². The van der Waals surface area contributed by atoms with Crippen molar-refractivity contribution >= 4 is 114 Å². The quantitative estimate of drug-likeness (QED) is 0.155. The van der Waals surface area contributed by atoms with Crippen LogP contribution in [0.4, 0.5) is 68.2 Å². The summed E-state index contributed by atoms with van der Waals surface area (Å²) in [6, 6.07) is 85.4. The summed E-state index contributed by atoms with van der Waals surface area (Å²) in [5.41, 5.74) is 27.7. The average molecular weight is 837 g/mol. The third-order valence-corrected chi connectivity index (χ3v) is 14.8. The topological polar surface area (TPSA) is 13.0 Å². The maximum absolute atomic E-state index is 2.56. The van der Waals surface area contributed by atoms with Crippen molar-refractivity contribution in [2.75, 3.05) is 19.6 Å². The fourth-order valence-electron chi connectivity index (χ4n) is 12.2. The summed E-state index contributed by atoms with van der Waals surface area (Å²) in [6.45, 7) is 0.0165. The third-order valence-electron chi connectivity index (χ3n) is 14.8. The molecule has 0 aromatic heterocycles. The first kappa shape index (κ1) is 35.9. The van der Waals surface area contributed by atoms with Crippen molar-refractivity contribution in [2.45, 2.75) is 0 Å². The number of rotatable bonds is 6. The van der Waals surface area contributed by atoms with Crippen LogP contribution in [0, 0.1) is 0 Å². The Bertz CT molecular complexity index is 3360. The number of nitrogens with zero attached hydrogens (tertiary/aromatic N) is 4. The molecule has 0 saturated heterocycles. The molecule has 0 bridgehead atoms. The molecule has 0 saturated carbocycles. The van der Waals surface area contributed by atoms with Gasteiger partial charge < -0.3 is 19.6 Å². The molecule has 0 amide bonds. The van der Waals surface area contributed by atoms with Gasteiger partial charge in [-0.15, -0.1) is 0 Å². The molecular formula is C60H38B2N4. The van der Waals surface area contributed by atoms with Crippen molar-refractivity contribution < 1.29 is 0 Å². The Labute approximate surface area is 385 Å². The monoisotopic (exact) mass is 836 g/mol. The molecular weight excluding hydrogens is 798 g/mol. The van der Waals surface area contributed by atoms with Gasteiger partial charge in [-0.3, -0.25) is 0 Å². The minimum Gasteiger partial charge on any atom is -0.311 e. The van der Waals surface area contributed by atoms with E-state index in [0.29, 0.717) is 0 Å². The highest BCUT2D eigenvalue weighted by Crippen LogP contribution is 2.50. The lowest BCUT2D eigenvalue weighted by Gasteiger charge is -2.53. The largest absolute Gasteiger partial charge is 0.311 e. The second-order valence-corrected chi connectivity index (χ2v) is 18.0. The van der Waals surface area contributed by atoms with Gasteiger partial charge in [0.05, 0.1) is 0 Å². The molecule has 0 N–H and O–H groups in total. The van der Waals surface area contributed by atoms with Gasteiger partial charge in [0.25, 0.3) is 13.4 Å². The minimum absolute atomic E-state index is 0.00824. The first-order valence-electron chi connectivity index (χ1n) is 23.0. The van der Waals surface area contributed by atoms with E-state index >= 15 is 0 Å². The van der Waals surface area contributed by atoms with Crippen LogP contribution in [0.1, 0.15) is 0 Å². The van der Waals surface area contributed by atoms with Gasteiger partial charge in [0.15, 0.2) is 0 Å². The molecule has 4 nitrogen and oxygen atoms in total. The standard InChI is InChI=1S/C60H38B2N4/c1-5-15-39(16-6-1)41-27-31-45(32-28-41)65-49-25-13-23-47-55(49)61-58-52(63(47)43-19-9-3-10-20-43)36-38-54-60(58)62-56-48(64(44-21-11-4-12-22-44)51-35-37-53(65)59(61)57(51)62)24-14-26-50(56)66(54)46-33-29-42(30-34-46)40-17-7-2-8-18-40/h1-38H. The van der Waals surface area contributed by atoms with Crippen LogP contribution in [-0.2, 0) is 0 Å². The van der Waals surface area contributed by atoms with Crippen molar-refractivity contribution in [3.63, 3.8) is 0 Å². The maximum Gasteiger partial charge on any atom is 0.251 e. The Morgan fingerprint density at radius 2 is 0.424 bits per heavy atom. The fourth-order valence-corrected chi connectivity index (χ4v) is 12.2. The number of benzene rings is 10. The van der Waals surface area contributed by atoms with Gasteiger partial charge in [0.1, 0.15) is 0 Å². The van der Waals surface area contributed by atoms with Crippen LogP contribution in [0.25, 0.3) is 22.3 Å². The van der Waals surface area contributed by atoms with Gasteiger partial charge in [-0.25, -0.2) is 0 Å². The van der Waals surface area contributed by atoms with Gasteiger partial charge in [0, 0.05) is 68.2 Å². The third kappa shape index (κ3) is 4.80. The van der Waals surface area contributed by atoms with Gasteiger partial charge in [-0.2, -0.15) is 0 Å². The van der Waals surface area contributed by atoms with E-state index < -0.39 is 0 Å². The lowest BCUT2D eigenvalue weighted by atomic mass is 9.18. The van der Waals surface area contributed by atoms with Crippen molar-refractivity contribution in [1.82, 2.24) is 0 Å². The van der Waals surface area contributed by atoms with Crippen LogP contribution in [0.5, 0.6) is 0 Å². The number of anilines is 12. The molecule has 0 radical (unpaired) electrons. The van der Waals surface area contributed by atoms with E-state index in [1.165, 1.54) is 101 Å². The van der Waals surface area contributed by atoms with E-state index in [1.54, 1.807) is 0 Å². The molecule has 304 valence electrons. The smallest absolute Gasteiger partial charge is 0.251 e. The van der Waals surface area contributed by atoms with Gasteiger partial charge in [0.2, 0.25) is 0 Å². The molecule has 0 fully saturated rings. The van der Waals surface area contributed by atoms with Crippen molar-refractivity contribution in [3.8, 4) is 22.3 Å². The molecule has 10 aromatic carbocycles. The molecule has 5 heterocycles. The van der Waals surface area contributed by atoms with Gasteiger partial charge in [-0.1, -0.05) is 133 Å². The zero-order valence-electron chi connectivity index (χ0n) is 35.9. The summed E-state index contributed by atoms with van der Waals surface area (Å²) >= 11 is 0. The van der Waals surface area contributed by atoms with Crippen LogP contribution in [0.15, 0.2) is 231 Å². The Balaban J connectivity index is 1.04. The highest BCUT2D eigenvalue weighted by atomic mass is 15.2. The normalized spacial score (nSPS) is 13.9. The average Bonchev–Trinajstić information content (AvgIpc) is 3.39. The number of hydrogen-bond donors (Lipinski definition) is 0. The second-order valence-electron chi connectivity index (χ2n) is 18.0. The summed E-state index contributed by atoms with van der Waals surface area (Å²) < 4.78 is 0. The zero-order chi connectivity index (χ0) is 43.0. The predicted molar refractivity (Wildman–Crippen MR) is 279 cm³/mol. The van der Waals surface area contributed by atoms with E-state index in [9.17, 15) is 0 Å². The Morgan fingerprint density at radius 1 is 0.182 bits per heavy atom. The molecule has 5 aliphatic rings. The van der Waals surface area contributed by atoms with Crippen LogP contribution in [0.2, 0.25) is 0 Å². The summed E-state index contributed by atoms with van der Waals surface area (Å²) in [5.74, 6) is 0. The van der Waals surface area contributed by atoms with E-state index in [4.69, 9.17) is 0 Å². The highest BCUT2D eigenvalue weighted by Gasteiger charge is 2.56. The first-order chi connectivity index (χ1) is 32.8. The summed E-state index contributed by atoms with van der Waals surface area (Å²) in [5, 5.41) is 0. The van der Waals surface area contributed by atoms with Gasteiger partial charge in [-0.05, 0) is 152 Å². The molecule has 10 aromatic rings. The van der Waals surface area contributed by atoms with Gasteiger partial charge >= 0.3 is 0 Å².